The maximum Gasteiger partial charge on any atom is 0.254 e. The normalized spacial score (nSPS) is 10.6. The fourth-order valence-corrected chi connectivity index (χ4v) is 2.97. The van der Waals surface area contributed by atoms with Crippen molar-refractivity contribution in [3.05, 3.63) is 46.1 Å². The lowest BCUT2D eigenvalue weighted by Crippen LogP contribution is -2.38. The van der Waals surface area contributed by atoms with Gasteiger partial charge < -0.3 is 14.7 Å². The third-order valence-corrected chi connectivity index (χ3v) is 4.36. The summed E-state index contributed by atoms with van der Waals surface area (Å²) < 4.78 is 5.77. The number of nitrogens with zero attached hydrogens (tertiary/aromatic N) is 2. The number of anilines is 1. The van der Waals surface area contributed by atoms with E-state index in [2.05, 4.69) is 33.3 Å². The van der Waals surface area contributed by atoms with E-state index < -0.39 is 0 Å². The van der Waals surface area contributed by atoms with E-state index >= 15 is 0 Å². The number of unbranched alkanes of at least 4 members (excludes halogenated alkanes) is 3. The molecule has 0 bridgehead atoms. The van der Waals surface area contributed by atoms with Gasteiger partial charge in [-0.15, -0.1) is 0 Å². The fourth-order valence-electron chi connectivity index (χ4n) is 2.57. The minimum Gasteiger partial charge on any atom is -0.360 e. The molecule has 1 aromatic heterocycles. The molecule has 0 spiro atoms. The molecule has 0 aliphatic heterocycles. The Bertz CT molecular complexity index is 745. The van der Waals surface area contributed by atoms with Gasteiger partial charge in [0, 0.05) is 22.6 Å². The first-order valence-electron chi connectivity index (χ1n) is 8.77. The number of nitrogens with one attached hydrogen (secondary N) is 1. The molecule has 0 saturated heterocycles. The van der Waals surface area contributed by atoms with Gasteiger partial charge in [-0.2, -0.15) is 0 Å². The Hall–Kier alpha value is -2.15. The third kappa shape index (κ3) is 6.29. The van der Waals surface area contributed by atoms with E-state index in [-0.39, 0.29) is 18.4 Å². The summed E-state index contributed by atoms with van der Waals surface area (Å²) in [5, 5.41) is 6.41. The van der Waals surface area contributed by atoms with Crippen LogP contribution in [0.1, 0.15) is 48.7 Å². The van der Waals surface area contributed by atoms with Crippen molar-refractivity contribution >= 4 is 33.6 Å². The average molecular weight is 422 g/mol. The van der Waals surface area contributed by atoms with Crippen LogP contribution in [-0.4, -0.2) is 35.0 Å². The van der Waals surface area contributed by atoms with Gasteiger partial charge in [0.2, 0.25) is 5.91 Å². The van der Waals surface area contributed by atoms with Crippen LogP contribution in [0.3, 0.4) is 0 Å². The zero-order valence-electron chi connectivity index (χ0n) is 15.1. The number of amides is 2. The number of hydrogen-bond acceptors (Lipinski definition) is 4. The molecule has 0 unspecified atom stereocenters. The molecule has 0 aliphatic rings. The minimum atomic E-state index is -0.294. The molecule has 7 heteroatoms. The predicted molar refractivity (Wildman–Crippen MR) is 104 cm³/mol. The number of aromatic nitrogens is 1. The summed E-state index contributed by atoms with van der Waals surface area (Å²) in [5.74, 6) is 0.515. The second-order valence-corrected chi connectivity index (χ2v) is 7.08. The number of benzene rings is 1. The van der Waals surface area contributed by atoms with Crippen LogP contribution in [0, 0.1) is 6.92 Å². The molecule has 0 saturated carbocycles. The molecule has 6 nitrogen and oxygen atoms in total. The quantitative estimate of drug-likeness (QED) is 0.608. The van der Waals surface area contributed by atoms with Crippen LogP contribution in [0.2, 0.25) is 0 Å². The Balaban J connectivity index is 2.04. The van der Waals surface area contributed by atoms with Crippen molar-refractivity contribution in [3.8, 4) is 0 Å². The zero-order chi connectivity index (χ0) is 18.9. The molecule has 2 aromatic rings. The van der Waals surface area contributed by atoms with Gasteiger partial charge in [-0.3, -0.25) is 9.59 Å². The second kappa shape index (κ2) is 10.1. The van der Waals surface area contributed by atoms with Crippen molar-refractivity contribution in [2.75, 3.05) is 18.4 Å². The van der Waals surface area contributed by atoms with E-state index in [1.54, 1.807) is 30.0 Å². The Morgan fingerprint density at radius 1 is 1.23 bits per heavy atom. The number of rotatable bonds is 9. The molecule has 0 aliphatic carbocycles. The molecule has 1 aromatic carbocycles. The molecular formula is C19H24BrN3O3. The standard InChI is InChI=1S/C19H24BrN3O3/c1-3-4-5-6-10-23(19(25)15-8-7-9-16(20)12-15)13-18(24)21-17-11-14(2)26-22-17/h7-9,11-12H,3-6,10,13H2,1-2H3,(H,21,22,24). The molecular weight excluding hydrogens is 398 g/mol. The van der Waals surface area contributed by atoms with E-state index in [4.69, 9.17) is 4.52 Å². The van der Waals surface area contributed by atoms with E-state index in [0.29, 0.717) is 23.7 Å². The topological polar surface area (TPSA) is 75.4 Å². The van der Waals surface area contributed by atoms with Gasteiger partial charge in [0.05, 0.1) is 0 Å². The van der Waals surface area contributed by atoms with Crippen molar-refractivity contribution in [2.45, 2.75) is 39.5 Å². The number of hydrogen-bond donors (Lipinski definition) is 1. The van der Waals surface area contributed by atoms with Gasteiger partial charge in [0.1, 0.15) is 12.3 Å². The largest absolute Gasteiger partial charge is 0.360 e. The SMILES string of the molecule is CCCCCCN(CC(=O)Nc1cc(C)on1)C(=O)c1cccc(Br)c1. The van der Waals surface area contributed by atoms with E-state index in [9.17, 15) is 9.59 Å². The van der Waals surface area contributed by atoms with Crippen LogP contribution >= 0.6 is 15.9 Å². The highest BCUT2D eigenvalue weighted by Crippen LogP contribution is 2.15. The summed E-state index contributed by atoms with van der Waals surface area (Å²) in [6, 6.07) is 8.83. The van der Waals surface area contributed by atoms with E-state index in [0.717, 1.165) is 30.2 Å². The fraction of sp³-hybridized carbons (Fsp3) is 0.421. The van der Waals surface area contributed by atoms with Crippen LogP contribution in [0.25, 0.3) is 0 Å². The first-order chi connectivity index (χ1) is 12.5. The Morgan fingerprint density at radius 3 is 2.69 bits per heavy atom. The molecule has 0 atom stereocenters. The van der Waals surface area contributed by atoms with Gasteiger partial charge in [0.25, 0.3) is 5.91 Å². The Kier molecular flexibility index (Phi) is 7.84. The molecule has 2 rings (SSSR count). The lowest BCUT2D eigenvalue weighted by Gasteiger charge is -2.22. The predicted octanol–water partition coefficient (Wildman–Crippen LogP) is 4.41. The molecule has 26 heavy (non-hydrogen) atoms. The molecule has 1 N–H and O–H groups in total. The Morgan fingerprint density at radius 2 is 2.04 bits per heavy atom. The van der Waals surface area contributed by atoms with Gasteiger partial charge in [-0.25, -0.2) is 0 Å². The van der Waals surface area contributed by atoms with Crippen molar-refractivity contribution in [2.24, 2.45) is 0 Å². The molecule has 0 radical (unpaired) electrons. The summed E-state index contributed by atoms with van der Waals surface area (Å²) >= 11 is 3.38. The highest BCUT2D eigenvalue weighted by molar-refractivity contribution is 9.10. The molecule has 0 fully saturated rings. The smallest absolute Gasteiger partial charge is 0.254 e. The monoisotopic (exact) mass is 421 g/mol. The molecule has 2 amide bonds. The summed E-state index contributed by atoms with van der Waals surface area (Å²) in [6.45, 7) is 4.40. The summed E-state index contributed by atoms with van der Waals surface area (Å²) in [6.07, 6.45) is 4.13. The zero-order valence-corrected chi connectivity index (χ0v) is 16.7. The van der Waals surface area contributed by atoms with Gasteiger partial charge in [-0.1, -0.05) is 53.3 Å². The van der Waals surface area contributed by atoms with E-state index in [1.807, 2.05) is 12.1 Å². The number of carbonyl (C=O) groups is 2. The second-order valence-electron chi connectivity index (χ2n) is 6.17. The average Bonchev–Trinajstić information content (AvgIpc) is 3.01. The van der Waals surface area contributed by atoms with Crippen LogP contribution < -0.4 is 5.32 Å². The van der Waals surface area contributed by atoms with Crippen molar-refractivity contribution < 1.29 is 14.1 Å². The summed E-state index contributed by atoms with van der Waals surface area (Å²) in [5.41, 5.74) is 0.556. The molecule has 140 valence electrons. The number of halogens is 1. The molecule has 1 heterocycles. The van der Waals surface area contributed by atoms with Gasteiger partial charge in [-0.05, 0) is 31.5 Å². The summed E-state index contributed by atoms with van der Waals surface area (Å²) in [4.78, 5) is 26.8. The lowest BCUT2D eigenvalue weighted by molar-refractivity contribution is -0.117. The van der Waals surface area contributed by atoms with Gasteiger partial charge >= 0.3 is 0 Å². The maximum atomic E-state index is 12.8. The van der Waals surface area contributed by atoms with Crippen LogP contribution in [0.4, 0.5) is 5.82 Å². The number of carbonyl (C=O) groups excluding carboxylic acids is 2. The summed E-state index contributed by atoms with van der Waals surface area (Å²) in [7, 11) is 0. The first-order valence-corrected chi connectivity index (χ1v) is 9.57. The highest BCUT2D eigenvalue weighted by Gasteiger charge is 2.19. The van der Waals surface area contributed by atoms with Crippen molar-refractivity contribution in [3.63, 3.8) is 0 Å². The third-order valence-electron chi connectivity index (χ3n) is 3.87. The first kappa shape index (κ1) is 20.2. The van der Waals surface area contributed by atoms with Gasteiger partial charge in [0.15, 0.2) is 5.82 Å². The Labute approximate surface area is 162 Å². The van der Waals surface area contributed by atoms with Crippen LogP contribution in [0.5, 0.6) is 0 Å². The van der Waals surface area contributed by atoms with E-state index in [1.165, 1.54) is 0 Å². The highest BCUT2D eigenvalue weighted by atomic mass is 79.9. The van der Waals surface area contributed by atoms with Crippen molar-refractivity contribution in [1.29, 1.82) is 0 Å². The number of aryl methyl sites for hydroxylation is 1. The van der Waals surface area contributed by atoms with Crippen LogP contribution in [0.15, 0.2) is 39.3 Å². The van der Waals surface area contributed by atoms with Crippen molar-refractivity contribution in [1.82, 2.24) is 10.1 Å². The lowest BCUT2D eigenvalue weighted by atomic mass is 10.1. The van der Waals surface area contributed by atoms with Crippen LogP contribution in [-0.2, 0) is 4.79 Å². The maximum absolute atomic E-state index is 12.8. The minimum absolute atomic E-state index is 0.0244.